The maximum Gasteiger partial charge on any atom is 0.325 e. The number of hydrogen-bond donors (Lipinski definition) is 3. The van der Waals surface area contributed by atoms with Gasteiger partial charge in [-0.25, -0.2) is 4.79 Å². The third-order valence-corrected chi connectivity index (χ3v) is 2.92. The number of nitrogens with one attached hydrogen (secondary N) is 2. The summed E-state index contributed by atoms with van der Waals surface area (Å²) in [7, 11) is 0. The van der Waals surface area contributed by atoms with Crippen LogP contribution in [0.2, 0.25) is 0 Å². The fraction of sp³-hybridized carbons (Fsp3) is 0.400. The van der Waals surface area contributed by atoms with Crippen molar-refractivity contribution in [2.45, 2.75) is 33.6 Å². The molecule has 0 fully saturated rings. The number of carbonyl (C=O) groups excluding carboxylic acids is 2. The Balaban J connectivity index is 2.53. The van der Waals surface area contributed by atoms with Crippen LogP contribution >= 0.6 is 0 Å². The number of carboxylic acids is 1. The number of aliphatic carboxylic acids is 1. The van der Waals surface area contributed by atoms with Crippen LogP contribution in [0.15, 0.2) is 24.3 Å². The Labute approximate surface area is 123 Å². The molecule has 0 saturated heterocycles. The monoisotopic (exact) mass is 292 g/mol. The molecule has 0 heterocycles. The lowest BCUT2D eigenvalue weighted by atomic mass is 9.85. The zero-order chi connectivity index (χ0) is 16.0. The largest absolute Gasteiger partial charge is 0.481 e. The summed E-state index contributed by atoms with van der Waals surface area (Å²) in [5.74, 6) is -1.48. The number of aryl methyl sites for hydroxylation is 1. The summed E-state index contributed by atoms with van der Waals surface area (Å²) in [6.07, 6.45) is -0.180. The molecule has 3 N–H and O–H groups in total. The predicted molar refractivity (Wildman–Crippen MR) is 79.0 cm³/mol. The molecule has 1 rings (SSSR count). The Morgan fingerprint density at radius 1 is 1.14 bits per heavy atom. The van der Waals surface area contributed by atoms with Gasteiger partial charge in [0.15, 0.2) is 0 Å². The van der Waals surface area contributed by atoms with Gasteiger partial charge in [-0.15, -0.1) is 0 Å². The maximum atomic E-state index is 11.8. The first kappa shape index (κ1) is 16.7. The number of hydrogen-bond acceptors (Lipinski definition) is 3. The Kier molecular flexibility index (Phi) is 5.46. The van der Waals surface area contributed by atoms with Gasteiger partial charge in [0.05, 0.1) is 6.42 Å². The molecule has 0 radical (unpaired) electrons. The van der Waals surface area contributed by atoms with Crippen molar-refractivity contribution in [1.29, 1.82) is 0 Å². The molecule has 6 nitrogen and oxygen atoms in total. The van der Waals surface area contributed by atoms with Gasteiger partial charge in [-0.05, 0) is 24.0 Å². The van der Waals surface area contributed by atoms with Gasteiger partial charge in [-0.1, -0.05) is 32.0 Å². The van der Waals surface area contributed by atoms with Crippen molar-refractivity contribution in [3.63, 3.8) is 0 Å². The van der Waals surface area contributed by atoms with E-state index in [4.69, 9.17) is 5.11 Å². The Bertz CT molecular complexity index is 552. The number of benzene rings is 1. The fourth-order valence-electron chi connectivity index (χ4n) is 1.94. The average molecular weight is 292 g/mol. The van der Waals surface area contributed by atoms with Crippen LogP contribution in [0.5, 0.6) is 0 Å². The van der Waals surface area contributed by atoms with E-state index in [-0.39, 0.29) is 12.8 Å². The lowest BCUT2D eigenvalue weighted by Gasteiger charge is -2.21. The van der Waals surface area contributed by atoms with Crippen molar-refractivity contribution >= 4 is 23.6 Å². The van der Waals surface area contributed by atoms with Gasteiger partial charge in [-0.3, -0.25) is 14.9 Å². The summed E-state index contributed by atoms with van der Waals surface area (Å²) >= 11 is 0. The summed E-state index contributed by atoms with van der Waals surface area (Å²) in [4.78, 5) is 34.2. The second-order valence-corrected chi connectivity index (χ2v) is 5.73. The molecule has 0 spiro atoms. The highest BCUT2D eigenvalue weighted by atomic mass is 16.4. The second-order valence-electron chi connectivity index (χ2n) is 5.73. The number of carbonyl (C=O) groups is 3. The zero-order valence-corrected chi connectivity index (χ0v) is 12.4. The molecule has 114 valence electrons. The summed E-state index contributed by atoms with van der Waals surface area (Å²) in [6.45, 7) is 5.17. The topological polar surface area (TPSA) is 95.5 Å². The van der Waals surface area contributed by atoms with E-state index in [0.29, 0.717) is 5.69 Å². The smallest absolute Gasteiger partial charge is 0.325 e. The van der Waals surface area contributed by atoms with Crippen LogP contribution in [0.3, 0.4) is 0 Å². The molecule has 0 aliphatic rings. The number of imide groups is 1. The number of amides is 3. The molecular weight excluding hydrogens is 272 g/mol. The quantitative estimate of drug-likeness (QED) is 0.777. The zero-order valence-electron chi connectivity index (χ0n) is 12.4. The first-order valence-electron chi connectivity index (χ1n) is 6.58. The molecule has 1 aromatic rings. The number of anilines is 1. The molecule has 6 heteroatoms. The highest BCUT2D eigenvalue weighted by molar-refractivity contribution is 6.01. The fourth-order valence-corrected chi connectivity index (χ4v) is 1.94. The van der Waals surface area contributed by atoms with E-state index in [2.05, 4.69) is 10.6 Å². The predicted octanol–water partition coefficient (Wildman–Crippen LogP) is 2.53. The van der Waals surface area contributed by atoms with Crippen molar-refractivity contribution < 1.29 is 19.5 Å². The molecule has 21 heavy (non-hydrogen) atoms. The van der Waals surface area contributed by atoms with E-state index < -0.39 is 23.3 Å². The van der Waals surface area contributed by atoms with Crippen molar-refractivity contribution in [2.24, 2.45) is 5.41 Å². The molecule has 0 aromatic heterocycles. The molecule has 0 unspecified atom stereocenters. The van der Waals surface area contributed by atoms with Crippen molar-refractivity contribution in [3.05, 3.63) is 29.8 Å². The van der Waals surface area contributed by atoms with E-state index in [1.54, 1.807) is 26.0 Å². The third-order valence-electron chi connectivity index (χ3n) is 2.92. The number of para-hydroxylation sites is 1. The highest BCUT2D eigenvalue weighted by Gasteiger charge is 2.26. The molecule has 3 amide bonds. The Hall–Kier alpha value is -2.37. The maximum absolute atomic E-state index is 11.8. The van der Waals surface area contributed by atoms with Gasteiger partial charge in [0.1, 0.15) is 0 Å². The van der Waals surface area contributed by atoms with E-state index in [1.807, 2.05) is 19.1 Å². The number of carboxylic acid groups (broad SMARTS) is 1. The van der Waals surface area contributed by atoms with Crippen LogP contribution in [-0.4, -0.2) is 23.0 Å². The van der Waals surface area contributed by atoms with E-state index in [0.717, 1.165) is 5.56 Å². The SMILES string of the molecule is Cc1ccccc1NC(=O)NC(=O)CC(C)(C)CC(=O)O. The third kappa shape index (κ3) is 6.07. The number of rotatable bonds is 5. The van der Waals surface area contributed by atoms with E-state index in [1.165, 1.54) is 0 Å². The van der Waals surface area contributed by atoms with Crippen molar-refractivity contribution in [3.8, 4) is 0 Å². The first-order valence-corrected chi connectivity index (χ1v) is 6.58. The van der Waals surface area contributed by atoms with Gasteiger partial charge in [0.25, 0.3) is 0 Å². The van der Waals surface area contributed by atoms with Gasteiger partial charge in [0, 0.05) is 12.1 Å². The molecule has 0 saturated carbocycles. The molecular formula is C15H20N2O4. The minimum Gasteiger partial charge on any atom is -0.481 e. The standard InChI is InChI=1S/C15H20N2O4/c1-10-6-4-5-7-11(10)16-14(21)17-12(18)8-15(2,3)9-13(19)20/h4-7H,8-9H2,1-3H3,(H,19,20)(H2,16,17,18,21). The summed E-state index contributed by atoms with van der Waals surface area (Å²) in [5, 5.41) is 13.5. The van der Waals surface area contributed by atoms with E-state index >= 15 is 0 Å². The van der Waals surface area contributed by atoms with Gasteiger partial charge in [0.2, 0.25) is 5.91 Å². The second kappa shape index (κ2) is 6.88. The molecule has 0 bridgehead atoms. The highest BCUT2D eigenvalue weighted by Crippen LogP contribution is 2.24. The van der Waals surface area contributed by atoms with Crippen LogP contribution < -0.4 is 10.6 Å². The van der Waals surface area contributed by atoms with Crippen LogP contribution in [0, 0.1) is 12.3 Å². The summed E-state index contributed by atoms with van der Waals surface area (Å²) < 4.78 is 0. The number of urea groups is 1. The van der Waals surface area contributed by atoms with Crippen LogP contribution in [-0.2, 0) is 9.59 Å². The first-order chi connectivity index (χ1) is 9.69. The normalized spacial score (nSPS) is 10.8. The molecule has 0 atom stereocenters. The minimum absolute atomic E-state index is 0.0412. The lowest BCUT2D eigenvalue weighted by Crippen LogP contribution is -2.37. The van der Waals surface area contributed by atoms with Crippen LogP contribution in [0.25, 0.3) is 0 Å². The van der Waals surface area contributed by atoms with Crippen molar-refractivity contribution in [2.75, 3.05) is 5.32 Å². The van der Waals surface area contributed by atoms with Crippen LogP contribution in [0.1, 0.15) is 32.3 Å². The van der Waals surface area contributed by atoms with Gasteiger partial charge < -0.3 is 10.4 Å². The Morgan fingerprint density at radius 2 is 1.76 bits per heavy atom. The Morgan fingerprint density at radius 3 is 2.33 bits per heavy atom. The van der Waals surface area contributed by atoms with Gasteiger partial charge >= 0.3 is 12.0 Å². The van der Waals surface area contributed by atoms with Crippen LogP contribution in [0.4, 0.5) is 10.5 Å². The summed E-state index contributed by atoms with van der Waals surface area (Å²) in [5.41, 5.74) is 0.790. The molecule has 0 aliphatic carbocycles. The molecule has 1 aromatic carbocycles. The summed E-state index contributed by atoms with van der Waals surface area (Å²) in [6, 6.07) is 6.57. The van der Waals surface area contributed by atoms with Crippen molar-refractivity contribution in [1.82, 2.24) is 5.32 Å². The molecule has 0 aliphatic heterocycles. The average Bonchev–Trinajstić information content (AvgIpc) is 2.28. The minimum atomic E-state index is -0.975. The lowest BCUT2D eigenvalue weighted by molar-refractivity contribution is -0.139. The van der Waals surface area contributed by atoms with Gasteiger partial charge in [-0.2, -0.15) is 0 Å². The van der Waals surface area contributed by atoms with E-state index in [9.17, 15) is 14.4 Å².